The van der Waals surface area contributed by atoms with Gasteiger partial charge in [-0.25, -0.2) is 0 Å². The summed E-state index contributed by atoms with van der Waals surface area (Å²) in [5.74, 6) is 0. The minimum absolute atomic E-state index is 0.0412. The summed E-state index contributed by atoms with van der Waals surface area (Å²) < 4.78 is 1.83. The molecule has 0 radical (unpaired) electrons. The van der Waals surface area contributed by atoms with E-state index < -0.39 is 0 Å². The molecule has 0 saturated carbocycles. The van der Waals surface area contributed by atoms with Gasteiger partial charge in [-0.3, -0.25) is 9.58 Å². The zero-order chi connectivity index (χ0) is 16.7. The highest BCUT2D eigenvalue weighted by atomic mass is 16.3. The third-order valence-electron chi connectivity index (χ3n) is 5.84. The second-order valence-electron chi connectivity index (χ2n) is 7.32. The highest BCUT2D eigenvalue weighted by Crippen LogP contribution is 2.51. The van der Waals surface area contributed by atoms with E-state index in [0.29, 0.717) is 0 Å². The molecule has 0 amide bonds. The van der Waals surface area contributed by atoms with E-state index in [4.69, 9.17) is 0 Å². The Labute approximate surface area is 143 Å². The fraction of sp³-hybridized carbons (Fsp3) is 0.526. The van der Waals surface area contributed by atoms with Gasteiger partial charge in [-0.05, 0) is 44.1 Å². The van der Waals surface area contributed by atoms with Crippen LogP contribution in [0.1, 0.15) is 35.6 Å². The van der Waals surface area contributed by atoms with E-state index in [1.54, 1.807) is 0 Å². The molecule has 2 aromatic rings. The van der Waals surface area contributed by atoms with Crippen molar-refractivity contribution in [2.45, 2.75) is 36.9 Å². The Kier molecular flexibility index (Phi) is 3.95. The maximum absolute atomic E-state index is 11.3. The number of piperidine rings is 1. The van der Waals surface area contributed by atoms with Gasteiger partial charge < -0.3 is 10.4 Å². The van der Waals surface area contributed by atoms with Gasteiger partial charge in [-0.15, -0.1) is 0 Å². The standard InChI is InChI=1S/C19H26N4O/c1-22(12-14-11-21-23(2)13-14)17-15-5-3-4-6-16(15)19(18(17)24)7-9-20-10-8-19/h3-6,11,13,17-18,20,24H,7-10,12H2,1-2H3/t17-,18+/m0/s1. The Bertz CT molecular complexity index is 720. The summed E-state index contributed by atoms with van der Waals surface area (Å²) in [6.45, 7) is 2.74. The van der Waals surface area contributed by atoms with E-state index in [1.807, 2.05) is 24.1 Å². The maximum Gasteiger partial charge on any atom is 0.0834 e. The van der Waals surface area contributed by atoms with Crippen LogP contribution in [0.5, 0.6) is 0 Å². The third kappa shape index (κ3) is 2.39. The summed E-state index contributed by atoms with van der Waals surface area (Å²) in [5.41, 5.74) is 3.71. The van der Waals surface area contributed by atoms with Crippen LogP contribution in [0.2, 0.25) is 0 Å². The van der Waals surface area contributed by atoms with Crippen LogP contribution in [0.3, 0.4) is 0 Å². The van der Waals surface area contributed by atoms with Crippen molar-refractivity contribution in [2.75, 3.05) is 20.1 Å². The first-order valence-electron chi connectivity index (χ1n) is 8.78. The molecular formula is C19H26N4O. The molecule has 1 spiro atoms. The van der Waals surface area contributed by atoms with Crippen molar-refractivity contribution in [3.8, 4) is 0 Å². The Morgan fingerprint density at radius 3 is 2.79 bits per heavy atom. The predicted molar refractivity (Wildman–Crippen MR) is 93.6 cm³/mol. The van der Waals surface area contributed by atoms with Crippen LogP contribution in [-0.4, -0.2) is 46.0 Å². The van der Waals surface area contributed by atoms with E-state index in [9.17, 15) is 5.11 Å². The Morgan fingerprint density at radius 2 is 2.08 bits per heavy atom. The fourth-order valence-corrected chi connectivity index (χ4v) is 4.70. The summed E-state index contributed by atoms with van der Waals surface area (Å²) in [6.07, 6.45) is 5.59. The van der Waals surface area contributed by atoms with Gasteiger partial charge in [-0.1, -0.05) is 24.3 Å². The lowest BCUT2D eigenvalue weighted by Crippen LogP contribution is -2.48. The number of aliphatic hydroxyl groups excluding tert-OH is 1. The number of aromatic nitrogens is 2. The fourth-order valence-electron chi connectivity index (χ4n) is 4.70. The van der Waals surface area contributed by atoms with Crippen molar-refractivity contribution < 1.29 is 5.11 Å². The molecule has 128 valence electrons. The first kappa shape index (κ1) is 15.8. The van der Waals surface area contributed by atoms with Gasteiger partial charge in [-0.2, -0.15) is 5.10 Å². The SMILES string of the molecule is CN(Cc1cnn(C)c1)[C@H]1c2ccccc2C2(CCNCC2)[C@@H]1O. The van der Waals surface area contributed by atoms with Gasteiger partial charge in [0.25, 0.3) is 0 Å². The molecule has 5 heteroatoms. The van der Waals surface area contributed by atoms with Crippen LogP contribution in [0.25, 0.3) is 0 Å². The molecule has 2 aliphatic rings. The summed E-state index contributed by atoms with van der Waals surface area (Å²) >= 11 is 0. The number of nitrogens with one attached hydrogen (secondary N) is 1. The molecule has 24 heavy (non-hydrogen) atoms. The number of benzene rings is 1. The molecule has 1 aromatic carbocycles. The van der Waals surface area contributed by atoms with Crippen molar-refractivity contribution in [3.05, 3.63) is 53.3 Å². The second kappa shape index (κ2) is 5.99. The monoisotopic (exact) mass is 326 g/mol. The quantitative estimate of drug-likeness (QED) is 0.899. The first-order valence-corrected chi connectivity index (χ1v) is 8.78. The van der Waals surface area contributed by atoms with Gasteiger partial charge in [0.05, 0.1) is 18.3 Å². The van der Waals surface area contributed by atoms with Crippen LogP contribution in [-0.2, 0) is 19.0 Å². The second-order valence-corrected chi connectivity index (χ2v) is 7.32. The van der Waals surface area contributed by atoms with E-state index in [2.05, 4.69) is 46.6 Å². The molecule has 1 aliphatic carbocycles. The number of rotatable bonds is 3. The first-order chi connectivity index (χ1) is 11.6. The summed E-state index contributed by atoms with van der Waals surface area (Å²) in [5, 5.41) is 19.0. The molecule has 1 saturated heterocycles. The van der Waals surface area contributed by atoms with Gasteiger partial charge in [0.2, 0.25) is 0 Å². The number of hydrogen-bond acceptors (Lipinski definition) is 4. The van der Waals surface area contributed by atoms with Crippen molar-refractivity contribution in [1.82, 2.24) is 20.0 Å². The summed E-state index contributed by atoms with van der Waals surface area (Å²) in [6, 6.07) is 8.66. The molecular weight excluding hydrogens is 300 g/mol. The average Bonchev–Trinajstić information content (AvgIpc) is 3.09. The highest BCUT2D eigenvalue weighted by molar-refractivity contribution is 5.45. The average molecular weight is 326 g/mol. The topological polar surface area (TPSA) is 53.3 Å². The van der Waals surface area contributed by atoms with E-state index in [0.717, 1.165) is 32.5 Å². The third-order valence-corrected chi connectivity index (χ3v) is 5.84. The van der Waals surface area contributed by atoms with Crippen molar-refractivity contribution >= 4 is 0 Å². The Morgan fingerprint density at radius 1 is 1.33 bits per heavy atom. The van der Waals surface area contributed by atoms with Crippen LogP contribution >= 0.6 is 0 Å². The summed E-state index contributed by atoms with van der Waals surface area (Å²) in [7, 11) is 4.05. The van der Waals surface area contributed by atoms with Gasteiger partial charge in [0.1, 0.15) is 0 Å². The molecule has 0 unspecified atom stereocenters. The maximum atomic E-state index is 11.3. The van der Waals surface area contributed by atoms with E-state index >= 15 is 0 Å². The molecule has 1 aliphatic heterocycles. The lowest BCUT2D eigenvalue weighted by atomic mass is 9.72. The molecule has 1 aromatic heterocycles. The number of likely N-dealkylation sites (N-methyl/N-ethyl adjacent to an activating group) is 1. The highest BCUT2D eigenvalue weighted by Gasteiger charge is 2.52. The van der Waals surface area contributed by atoms with Crippen LogP contribution in [0.4, 0.5) is 0 Å². The Hall–Kier alpha value is -1.69. The van der Waals surface area contributed by atoms with Crippen molar-refractivity contribution in [2.24, 2.45) is 7.05 Å². The van der Waals surface area contributed by atoms with Crippen LogP contribution in [0, 0.1) is 0 Å². The normalized spacial score (nSPS) is 25.3. The number of fused-ring (bicyclic) bond motifs is 2. The predicted octanol–water partition coefficient (Wildman–Crippen LogP) is 1.59. The molecule has 1 fully saturated rings. The van der Waals surface area contributed by atoms with Crippen LogP contribution in [0.15, 0.2) is 36.7 Å². The van der Waals surface area contributed by atoms with E-state index in [1.165, 1.54) is 16.7 Å². The lowest BCUT2D eigenvalue weighted by Gasteiger charge is -2.40. The number of hydrogen-bond donors (Lipinski definition) is 2. The van der Waals surface area contributed by atoms with Crippen LogP contribution < -0.4 is 5.32 Å². The molecule has 2 heterocycles. The van der Waals surface area contributed by atoms with Gasteiger partial charge in [0, 0.05) is 30.8 Å². The number of nitrogens with zero attached hydrogens (tertiary/aromatic N) is 3. The summed E-state index contributed by atoms with van der Waals surface area (Å²) in [4.78, 5) is 2.28. The minimum Gasteiger partial charge on any atom is -0.390 e. The molecule has 0 bridgehead atoms. The van der Waals surface area contributed by atoms with Crippen molar-refractivity contribution in [3.63, 3.8) is 0 Å². The zero-order valence-corrected chi connectivity index (χ0v) is 14.4. The smallest absolute Gasteiger partial charge is 0.0834 e. The largest absolute Gasteiger partial charge is 0.390 e. The number of aryl methyl sites for hydroxylation is 1. The molecule has 5 nitrogen and oxygen atoms in total. The minimum atomic E-state index is -0.362. The number of aliphatic hydroxyl groups is 1. The lowest BCUT2D eigenvalue weighted by molar-refractivity contribution is 0.00419. The molecule has 4 rings (SSSR count). The molecule has 2 atom stereocenters. The van der Waals surface area contributed by atoms with Gasteiger partial charge in [0.15, 0.2) is 0 Å². The van der Waals surface area contributed by atoms with Crippen molar-refractivity contribution in [1.29, 1.82) is 0 Å². The van der Waals surface area contributed by atoms with Gasteiger partial charge >= 0.3 is 0 Å². The molecule has 2 N–H and O–H groups in total. The zero-order valence-electron chi connectivity index (χ0n) is 14.4. The van der Waals surface area contributed by atoms with E-state index in [-0.39, 0.29) is 17.6 Å². The Balaban J connectivity index is 1.68.